The highest BCUT2D eigenvalue weighted by atomic mass is 16.5. The van der Waals surface area contributed by atoms with E-state index in [9.17, 15) is 0 Å². The van der Waals surface area contributed by atoms with Crippen LogP contribution in [0.5, 0.6) is 11.5 Å². The van der Waals surface area contributed by atoms with E-state index in [0.29, 0.717) is 0 Å². The third-order valence-corrected chi connectivity index (χ3v) is 2.01. The topological polar surface area (TPSA) is 18.5 Å². The molecule has 0 spiro atoms. The van der Waals surface area contributed by atoms with Gasteiger partial charge in [-0.05, 0) is 31.0 Å². The molecule has 1 rings (SSSR count). The monoisotopic (exact) mass is 206 g/mol. The van der Waals surface area contributed by atoms with Gasteiger partial charge in [0.25, 0.3) is 0 Å². The summed E-state index contributed by atoms with van der Waals surface area (Å²) in [5.74, 6) is 1.60. The van der Waals surface area contributed by atoms with Crippen LogP contribution in [0.1, 0.15) is 25.8 Å². The molecule has 0 heterocycles. The van der Waals surface area contributed by atoms with E-state index in [1.165, 1.54) is 0 Å². The Hall–Kier alpha value is -1.44. The predicted octanol–water partition coefficient (Wildman–Crippen LogP) is 3.52. The number of methoxy groups -OCH3 is 1. The summed E-state index contributed by atoms with van der Waals surface area (Å²) in [5.41, 5.74) is 1.13. The van der Waals surface area contributed by atoms with Gasteiger partial charge in [-0.3, -0.25) is 0 Å². The molecule has 0 atom stereocenters. The van der Waals surface area contributed by atoms with Gasteiger partial charge in [0, 0.05) is 0 Å². The average molecular weight is 206 g/mol. The maximum absolute atomic E-state index is 5.61. The Morgan fingerprint density at radius 2 is 2.07 bits per heavy atom. The van der Waals surface area contributed by atoms with Crippen LogP contribution in [0.15, 0.2) is 24.3 Å². The lowest BCUT2D eigenvalue weighted by Crippen LogP contribution is -1.97. The summed E-state index contributed by atoms with van der Waals surface area (Å²) >= 11 is 0. The maximum Gasteiger partial charge on any atom is 0.161 e. The number of allylic oxidation sites excluding steroid dienone is 1. The van der Waals surface area contributed by atoms with Crippen LogP contribution < -0.4 is 9.47 Å². The van der Waals surface area contributed by atoms with Crippen molar-refractivity contribution in [1.82, 2.24) is 0 Å². The van der Waals surface area contributed by atoms with Gasteiger partial charge in [0.1, 0.15) is 0 Å². The summed E-state index contributed by atoms with van der Waals surface area (Å²) < 4.78 is 10.8. The van der Waals surface area contributed by atoms with Gasteiger partial charge in [-0.25, -0.2) is 0 Å². The molecule has 0 amide bonds. The van der Waals surface area contributed by atoms with E-state index in [-0.39, 0.29) is 0 Å². The number of benzene rings is 1. The summed E-state index contributed by atoms with van der Waals surface area (Å²) in [7, 11) is 1.66. The van der Waals surface area contributed by atoms with Crippen molar-refractivity contribution in [2.24, 2.45) is 0 Å². The smallest absolute Gasteiger partial charge is 0.161 e. The van der Waals surface area contributed by atoms with E-state index in [1.807, 2.05) is 37.3 Å². The molecule has 0 aliphatic heterocycles. The largest absolute Gasteiger partial charge is 0.493 e. The second-order valence-corrected chi connectivity index (χ2v) is 3.26. The van der Waals surface area contributed by atoms with Crippen LogP contribution in [-0.4, -0.2) is 13.7 Å². The first kappa shape index (κ1) is 11.6. The third kappa shape index (κ3) is 3.31. The zero-order valence-electron chi connectivity index (χ0n) is 9.62. The first-order valence-electron chi connectivity index (χ1n) is 5.25. The van der Waals surface area contributed by atoms with Gasteiger partial charge < -0.3 is 9.47 Å². The highest BCUT2D eigenvalue weighted by Gasteiger charge is 2.03. The van der Waals surface area contributed by atoms with Crippen molar-refractivity contribution in [3.05, 3.63) is 29.8 Å². The Kier molecular flexibility index (Phi) is 4.75. The second-order valence-electron chi connectivity index (χ2n) is 3.26. The number of ether oxygens (including phenoxy) is 2. The van der Waals surface area contributed by atoms with Crippen LogP contribution in [0.3, 0.4) is 0 Å². The Bertz CT molecular complexity index is 329. The molecule has 2 nitrogen and oxygen atoms in total. The standard InChI is InChI=1S/C13H18O2/c1-4-6-11-7-8-12(14-3)13(10-11)15-9-5-2/h4,6-8,10H,5,9H2,1-3H3/b6-4+. The van der Waals surface area contributed by atoms with Crippen LogP contribution in [-0.2, 0) is 0 Å². The molecule has 0 aromatic heterocycles. The molecule has 15 heavy (non-hydrogen) atoms. The molecule has 0 radical (unpaired) electrons. The lowest BCUT2D eigenvalue weighted by Gasteiger charge is -2.10. The van der Waals surface area contributed by atoms with Crippen LogP contribution in [0.25, 0.3) is 6.08 Å². The Labute approximate surface area is 91.5 Å². The van der Waals surface area contributed by atoms with Crippen LogP contribution in [0.2, 0.25) is 0 Å². The first-order chi connectivity index (χ1) is 7.31. The fraction of sp³-hybridized carbons (Fsp3) is 0.385. The van der Waals surface area contributed by atoms with Gasteiger partial charge in [-0.2, -0.15) is 0 Å². The summed E-state index contributed by atoms with van der Waals surface area (Å²) in [6.07, 6.45) is 5.04. The highest BCUT2D eigenvalue weighted by molar-refractivity contribution is 5.55. The lowest BCUT2D eigenvalue weighted by molar-refractivity contribution is 0.294. The number of rotatable bonds is 5. The SMILES string of the molecule is C/C=C/c1ccc(OC)c(OCCC)c1. The fourth-order valence-electron chi connectivity index (χ4n) is 1.31. The van der Waals surface area contributed by atoms with Crippen LogP contribution >= 0.6 is 0 Å². The van der Waals surface area contributed by atoms with E-state index in [2.05, 4.69) is 6.92 Å². The van der Waals surface area contributed by atoms with E-state index < -0.39 is 0 Å². The molecule has 0 aliphatic rings. The normalized spacial score (nSPS) is 10.6. The Morgan fingerprint density at radius 3 is 2.67 bits per heavy atom. The summed E-state index contributed by atoms with van der Waals surface area (Å²) in [5, 5.41) is 0. The van der Waals surface area contributed by atoms with E-state index >= 15 is 0 Å². The molecule has 0 saturated heterocycles. The molecule has 0 aliphatic carbocycles. The quantitative estimate of drug-likeness (QED) is 0.734. The molecule has 0 saturated carbocycles. The zero-order chi connectivity index (χ0) is 11.1. The van der Waals surface area contributed by atoms with E-state index in [0.717, 1.165) is 30.1 Å². The summed E-state index contributed by atoms with van der Waals surface area (Å²) in [4.78, 5) is 0. The van der Waals surface area contributed by atoms with E-state index in [4.69, 9.17) is 9.47 Å². The molecule has 1 aromatic carbocycles. The predicted molar refractivity (Wildman–Crippen MR) is 63.5 cm³/mol. The minimum atomic E-state index is 0.718. The fourth-order valence-corrected chi connectivity index (χ4v) is 1.31. The van der Waals surface area contributed by atoms with Crippen molar-refractivity contribution in [3.8, 4) is 11.5 Å². The molecule has 82 valence electrons. The van der Waals surface area contributed by atoms with Crippen LogP contribution in [0.4, 0.5) is 0 Å². The molecular weight excluding hydrogens is 188 g/mol. The Balaban J connectivity index is 2.91. The second kappa shape index (κ2) is 6.12. The van der Waals surface area contributed by atoms with Crippen molar-refractivity contribution in [1.29, 1.82) is 0 Å². The van der Waals surface area contributed by atoms with Gasteiger partial charge in [0.15, 0.2) is 11.5 Å². The maximum atomic E-state index is 5.61. The molecule has 0 bridgehead atoms. The highest BCUT2D eigenvalue weighted by Crippen LogP contribution is 2.28. The molecule has 1 aromatic rings. The molecule has 2 heteroatoms. The molecule has 0 N–H and O–H groups in total. The van der Waals surface area contributed by atoms with Crippen molar-refractivity contribution in [2.45, 2.75) is 20.3 Å². The minimum absolute atomic E-state index is 0.718. The van der Waals surface area contributed by atoms with Gasteiger partial charge in [0.2, 0.25) is 0 Å². The van der Waals surface area contributed by atoms with Crippen molar-refractivity contribution >= 4 is 6.08 Å². The Morgan fingerprint density at radius 1 is 1.27 bits per heavy atom. The van der Waals surface area contributed by atoms with E-state index in [1.54, 1.807) is 7.11 Å². The van der Waals surface area contributed by atoms with Gasteiger partial charge in [0.05, 0.1) is 13.7 Å². The third-order valence-electron chi connectivity index (χ3n) is 2.01. The summed E-state index contributed by atoms with van der Waals surface area (Å²) in [6.45, 7) is 4.80. The number of hydrogen-bond donors (Lipinski definition) is 0. The molecular formula is C13H18O2. The van der Waals surface area contributed by atoms with Crippen molar-refractivity contribution in [2.75, 3.05) is 13.7 Å². The van der Waals surface area contributed by atoms with Crippen molar-refractivity contribution < 1.29 is 9.47 Å². The first-order valence-corrected chi connectivity index (χ1v) is 5.25. The number of hydrogen-bond acceptors (Lipinski definition) is 2. The average Bonchev–Trinajstić information content (AvgIpc) is 2.27. The lowest BCUT2D eigenvalue weighted by atomic mass is 10.2. The molecule has 0 unspecified atom stereocenters. The molecule has 0 fully saturated rings. The van der Waals surface area contributed by atoms with Gasteiger partial charge in [-0.1, -0.05) is 25.1 Å². The summed E-state index contributed by atoms with van der Waals surface area (Å²) in [6, 6.07) is 5.94. The van der Waals surface area contributed by atoms with Crippen molar-refractivity contribution in [3.63, 3.8) is 0 Å². The van der Waals surface area contributed by atoms with Crippen LogP contribution in [0, 0.1) is 0 Å². The van der Waals surface area contributed by atoms with Gasteiger partial charge >= 0.3 is 0 Å². The van der Waals surface area contributed by atoms with Gasteiger partial charge in [-0.15, -0.1) is 0 Å². The zero-order valence-corrected chi connectivity index (χ0v) is 9.62. The minimum Gasteiger partial charge on any atom is -0.493 e.